The van der Waals surface area contributed by atoms with Crippen LogP contribution in [0.3, 0.4) is 0 Å². The summed E-state index contributed by atoms with van der Waals surface area (Å²) in [6, 6.07) is 0.833. The number of phenols is 1. The lowest BCUT2D eigenvalue weighted by molar-refractivity contribution is -0.140. The van der Waals surface area contributed by atoms with Gasteiger partial charge in [0, 0.05) is 88.0 Å². The number of aliphatic carboxylic acids is 1. The van der Waals surface area contributed by atoms with Crippen LogP contribution in [0.25, 0.3) is 10.9 Å². The van der Waals surface area contributed by atoms with Crippen LogP contribution in [0.15, 0.2) is 85.1 Å². The lowest BCUT2D eigenvalue weighted by Crippen LogP contribution is -2.65. The van der Waals surface area contributed by atoms with Gasteiger partial charge in [0.1, 0.15) is 71.2 Å². The number of phenolic OH excluding ortho intramolecular Hbond substituents is 1. The highest BCUT2D eigenvalue weighted by atomic mass is 16.4. The second kappa shape index (κ2) is 56.2. The van der Waals surface area contributed by atoms with Gasteiger partial charge in [-0.15, -0.1) is 0 Å². The standard InChI is InChI=1S/C98H138N18O23/c1-53(2)45-67-52-103-71(39-41-77(99)120)83(126)82(125)58(8)105-90(133)76(49-66-51-102-70-34-28-27-33-69(66)70)111-91(134)74(48-65-35-37-68(119)38-36-65)110-89(132)72(40-42-78(121)122)113-96(139)98(15,116-93(136)75(47-64-31-25-24-26-32-64)112-94(137)79(62(12)117)114-92(135)73(46-54(3)4)109-63(13)118)44-30-23-21-19-17-16-18-20-22-29-43-97(14,115-88(67)131)95(138)108-61(11)87(130)107-60(10)86(129)106-59(9)85(128)104-57(7)81(124)80(123)56(6)101-50-55(5)84(100)127/h24-28,31-38,51,53-62,67,71-76,79,101-103,117,119H,20-23,29-30,39-50,52H2,1-15H3,(H2,99,120)(H2,100,127)(H,104,128)(H,105,133)(H,106,129)(H,107,130)(H,108,138)(H,109,118)(H,110,132)(H,111,134)(H,112,137)(H,113,139)(H,114,135)(H,115,131)(H,116,136)(H,121,122)/t55-,56-,57-,58-,59?,60-,61?,62+,67+,71-,72-,73-,74?,75-,76-,79-,97-,98+/m0/s1. The Balaban J connectivity index is 1.60. The first kappa shape index (κ1) is 116. The number of H-pyrrole nitrogens is 1. The van der Waals surface area contributed by atoms with Crippen molar-refractivity contribution < 1.29 is 111 Å². The number of Topliss-reactive ketones (excluding diaryl/α,β-unsaturated/α-hetero) is 4. The van der Waals surface area contributed by atoms with Gasteiger partial charge < -0.3 is 112 Å². The van der Waals surface area contributed by atoms with E-state index in [-0.39, 0.29) is 108 Å². The summed E-state index contributed by atoms with van der Waals surface area (Å²) in [5, 5.41) is 71.6. The van der Waals surface area contributed by atoms with Gasteiger partial charge in [0.25, 0.3) is 0 Å². The van der Waals surface area contributed by atoms with Crippen molar-refractivity contribution in [2.24, 2.45) is 35.1 Å². The summed E-state index contributed by atoms with van der Waals surface area (Å²) >= 11 is 0. The van der Waals surface area contributed by atoms with E-state index in [1.54, 1.807) is 88.5 Å². The molecule has 2 heterocycles. The number of amides is 15. The number of aromatic nitrogens is 1. The second-order valence-electron chi connectivity index (χ2n) is 36.8. The molecule has 23 N–H and O–H groups in total. The molecule has 0 spiro atoms. The van der Waals surface area contributed by atoms with Crippen LogP contribution in [0.4, 0.5) is 0 Å². The predicted octanol–water partition coefficient (Wildman–Crippen LogP) is -0.202. The minimum absolute atomic E-state index is 0.00663. The van der Waals surface area contributed by atoms with Crippen LogP contribution in [0.5, 0.6) is 5.75 Å². The molecule has 139 heavy (non-hydrogen) atoms. The number of hydrogen-bond donors (Lipinski definition) is 21. The normalized spacial score (nSPS) is 21.5. The molecule has 0 radical (unpaired) electrons. The molecule has 41 nitrogen and oxygen atoms in total. The number of primary amides is 2. The van der Waals surface area contributed by atoms with Gasteiger partial charge >= 0.3 is 5.97 Å². The third-order valence-electron chi connectivity index (χ3n) is 23.5. The number of nitrogens with two attached hydrogens (primary N) is 2. The summed E-state index contributed by atoms with van der Waals surface area (Å²) < 4.78 is 0. The van der Waals surface area contributed by atoms with E-state index in [0.29, 0.717) is 27.6 Å². The molecule has 0 bridgehead atoms. The van der Waals surface area contributed by atoms with E-state index in [9.17, 15) is 82.4 Å². The molecule has 0 saturated carbocycles. The lowest BCUT2D eigenvalue weighted by Gasteiger charge is -2.34. The van der Waals surface area contributed by atoms with Crippen molar-refractivity contribution in [3.05, 3.63) is 102 Å². The van der Waals surface area contributed by atoms with Crippen LogP contribution < -0.4 is 91.2 Å². The maximum atomic E-state index is 15.5. The maximum absolute atomic E-state index is 15.5. The third-order valence-corrected chi connectivity index (χ3v) is 23.5. The predicted molar refractivity (Wildman–Crippen MR) is 512 cm³/mol. The number of fused-ring (bicyclic) bond motifs is 1. The lowest BCUT2D eigenvalue weighted by atomic mass is 9.89. The molecule has 15 amide bonds. The highest BCUT2D eigenvalue weighted by molar-refractivity contribution is 6.41. The second-order valence-corrected chi connectivity index (χ2v) is 36.8. The van der Waals surface area contributed by atoms with E-state index in [1.165, 1.54) is 100 Å². The molecule has 758 valence electrons. The largest absolute Gasteiger partial charge is 0.508 e. The van der Waals surface area contributed by atoms with Gasteiger partial charge in [-0.25, -0.2) is 0 Å². The molecule has 0 saturated heterocycles. The first-order chi connectivity index (χ1) is 65.3. The number of carbonyl (C=O) groups is 20. The number of hydrogen-bond acceptors (Lipinski definition) is 24. The number of ketones is 4. The van der Waals surface area contributed by atoms with Crippen molar-refractivity contribution in [1.29, 1.82) is 0 Å². The quantitative estimate of drug-likeness (QED) is 0.0203. The molecule has 0 fully saturated rings. The Morgan fingerprint density at radius 2 is 1.08 bits per heavy atom. The molecule has 18 atom stereocenters. The van der Waals surface area contributed by atoms with E-state index in [0.717, 1.165) is 0 Å². The van der Waals surface area contributed by atoms with Crippen molar-refractivity contribution in [3.8, 4) is 29.4 Å². The van der Waals surface area contributed by atoms with Gasteiger partial charge in [-0.2, -0.15) is 0 Å². The fraction of sp³-hybridized carbons (Fsp3) is 0.551. The average Bonchev–Trinajstić information content (AvgIpc) is 1.79. The zero-order valence-electron chi connectivity index (χ0n) is 81.6. The Hall–Kier alpha value is -13.8. The van der Waals surface area contributed by atoms with Crippen LogP contribution in [0.2, 0.25) is 0 Å². The number of nitrogens with one attached hydrogen (secondary N) is 16. The highest BCUT2D eigenvalue weighted by Gasteiger charge is 2.44. The van der Waals surface area contributed by atoms with Gasteiger partial charge in [0.15, 0.2) is 0 Å². The van der Waals surface area contributed by atoms with E-state index >= 15 is 28.8 Å². The van der Waals surface area contributed by atoms with Crippen molar-refractivity contribution in [2.45, 2.75) is 309 Å². The molecule has 1 aliphatic rings. The maximum Gasteiger partial charge on any atom is 0.303 e. The molecule has 41 heteroatoms. The van der Waals surface area contributed by atoms with Crippen LogP contribution in [-0.4, -0.2) is 247 Å². The van der Waals surface area contributed by atoms with E-state index in [4.69, 9.17) is 11.5 Å². The Kier molecular flexibility index (Phi) is 46.8. The van der Waals surface area contributed by atoms with E-state index < -0.39 is 257 Å². The van der Waals surface area contributed by atoms with Gasteiger partial charge in [-0.1, -0.05) is 107 Å². The number of aromatic amines is 1. The number of aliphatic hydroxyl groups excluding tert-OH is 1. The molecule has 3 aromatic carbocycles. The summed E-state index contributed by atoms with van der Waals surface area (Å²) in [4.78, 5) is 283. The number of para-hydroxylation sites is 1. The Bertz CT molecular complexity index is 5170. The minimum Gasteiger partial charge on any atom is -0.508 e. The molecular weight excluding hydrogens is 1800 g/mol. The zero-order chi connectivity index (χ0) is 104. The molecule has 1 aliphatic heterocycles. The van der Waals surface area contributed by atoms with Crippen LogP contribution >= 0.6 is 0 Å². The fourth-order valence-corrected chi connectivity index (χ4v) is 15.0. The smallest absolute Gasteiger partial charge is 0.303 e. The summed E-state index contributed by atoms with van der Waals surface area (Å²) in [6.07, 6.45) is -2.65. The van der Waals surface area contributed by atoms with Crippen molar-refractivity contribution in [1.82, 2.24) is 84.7 Å². The van der Waals surface area contributed by atoms with Gasteiger partial charge in [0.05, 0.1) is 36.2 Å². The Morgan fingerprint density at radius 3 is 1.65 bits per heavy atom. The molecule has 5 rings (SSSR count). The summed E-state index contributed by atoms with van der Waals surface area (Å²) in [7, 11) is 0. The number of carboxylic acid groups (broad SMARTS) is 1. The van der Waals surface area contributed by atoms with E-state index in [2.05, 4.69) is 108 Å². The van der Waals surface area contributed by atoms with Crippen LogP contribution in [-0.2, 0) is 115 Å². The Morgan fingerprint density at radius 1 is 0.532 bits per heavy atom. The van der Waals surface area contributed by atoms with Crippen molar-refractivity contribution in [3.63, 3.8) is 0 Å². The van der Waals surface area contributed by atoms with Crippen molar-refractivity contribution >= 4 is 129 Å². The number of carboxylic acids is 1. The molecule has 1 aromatic heterocycles. The Labute approximate surface area is 808 Å². The monoisotopic (exact) mass is 1940 g/mol. The van der Waals surface area contributed by atoms with Gasteiger partial charge in [-0.3, -0.25) is 95.9 Å². The van der Waals surface area contributed by atoms with Crippen molar-refractivity contribution in [2.75, 3.05) is 13.1 Å². The number of aliphatic hydroxyl groups is 1. The topological polar surface area (TPSA) is 650 Å². The number of aromatic hydroxyl groups is 1. The number of rotatable bonds is 39. The average molecular weight is 1940 g/mol. The number of benzene rings is 3. The van der Waals surface area contributed by atoms with Crippen LogP contribution in [0.1, 0.15) is 210 Å². The number of carbonyl (C=O) groups excluding carboxylic acids is 19. The summed E-state index contributed by atoms with van der Waals surface area (Å²) in [5.41, 5.74) is 8.72. The first-order valence-electron chi connectivity index (χ1n) is 46.7. The first-order valence-corrected chi connectivity index (χ1v) is 46.7. The molecule has 4 aromatic rings. The molecule has 0 aliphatic carbocycles. The minimum atomic E-state index is -2.13. The zero-order valence-corrected chi connectivity index (χ0v) is 81.6. The fourth-order valence-electron chi connectivity index (χ4n) is 15.0. The summed E-state index contributed by atoms with van der Waals surface area (Å²) in [6.45, 7) is 21.1. The third kappa shape index (κ3) is 38.6. The summed E-state index contributed by atoms with van der Waals surface area (Å²) in [5.74, 6) is -10.4. The van der Waals surface area contributed by atoms with E-state index in [1.807, 2.05) is 0 Å². The SMILES string of the molecule is CC(=O)N[C@@H](CC(C)C)C(=O)N[C@H](C(=O)N[C@@H](Cc1ccccc1)C(=O)N[C@]1(C)CCCCC#CC#CCCCC[C@@](C)(C(=O)NC(C)C(=O)N[C@@H](C)C(=O)NC(C)C(=O)N[C@@H](C)C(=O)C(=O)[C@H](C)NC[C@H](C)C(N)=O)NC(=O)[C@H](CC(C)C)CN[C@@H](CCC(N)=O)C(=O)C(=O)[C@H](C)NC(=O)[C@H](Cc2c[nH]c3ccccc23)NC(=O)C(Cc2ccc(O)cc2)NC(=O)[C@H](CCC(=O)O)NC1=O)[C@@H](C)O. The molecule has 3 unspecified atom stereocenters. The van der Waals surface area contributed by atoms with Gasteiger partial charge in [0.2, 0.25) is 112 Å². The highest BCUT2D eigenvalue weighted by Crippen LogP contribution is 2.25. The molecular formula is C98H138N18O23. The van der Waals surface area contributed by atoms with Crippen LogP contribution in [0, 0.1) is 47.4 Å². The van der Waals surface area contributed by atoms with Gasteiger partial charge in [-0.05, 0) is 185 Å².